The van der Waals surface area contributed by atoms with E-state index in [0.29, 0.717) is 17.3 Å². The zero-order valence-electron chi connectivity index (χ0n) is 11.9. The minimum atomic E-state index is -0.361. The maximum absolute atomic E-state index is 12.8. The van der Waals surface area contributed by atoms with E-state index >= 15 is 0 Å². The van der Waals surface area contributed by atoms with Crippen LogP contribution in [0, 0.1) is 5.82 Å². The number of nitrogens with one attached hydrogen (secondary N) is 1. The molecule has 116 valence electrons. The highest BCUT2D eigenvalue weighted by atomic mass is 19.1. The molecule has 0 aliphatic carbocycles. The van der Waals surface area contributed by atoms with Crippen LogP contribution in [-0.4, -0.2) is 32.3 Å². The van der Waals surface area contributed by atoms with Crippen LogP contribution in [0.25, 0.3) is 5.82 Å². The van der Waals surface area contributed by atoms with E-state index in [1.807, 2.05) is 0 Å². The maximum atomic E-state index is 12.8. The summed E-state index contributed by atoms with van der Waals surface area (Å²) in [5, 5.41) is 6.61. The molecule has 0 aliphatic heterocycles. The van der Waals surface area contributed by atoms with Gasteiger partial charge in [-0.2, -0.15) is 5.10 Å². The highest BCUT2D eigenvalue weighted by molar-refractivity contribution is 5.91. The number of hydrogen-bond donors (Lipinski definition) is 1. The summed E-state index contributed by atoms with van der Waals surface area (Å²) in [5.74, 6) is 0.300. The summed E-state index contributed by atoms with van der Waals surface area (Å²) >= 11 is 0. The molecule has 2 aromatic heterocycles. The second-order valence-corrected chi connectivity index (χ2v) is 4.54. The van der Waals surface area contributed by atoms with Crippen molar-refractivity contribution in [3.8, 4) is 11.6 Å². The van der Waals surface area contributed by atoms with Crippen molar-refractivity contribution in [1.82, 2.24) is 19.7 Å². The highest BCUT2D eigenvalue weighted by Crippen LogP contribution is 2.12. The largest absolute Gasteiger partial charge is 0.484 e. The van der Waals surface area contributed by atoms with Crippen LogP contribution in [0.5, 0.6) is 5.75 Å². The Morgan fingerprint density at radius 2 is 2.04 bits per heavy atom. The smallest absolute Gasteiger partial charge is 0.262 e. The zero-order valence-corrected chi connectivity index (χ0v) is 11.9. The number of rotatable bonds is 5. The number of aromatic nitrogens is 4. The van der Waals surface area contributed by atoms with E-state index in [2.05, 4.69) is 20.4 Å². The van der Waals surface area contributed by atoms with Gasteiger partial charge in [-0.15, -0.1) is 0 Å². The minimum Gasteiger partial charge on any atom is -0.484 e. The van der Waals surface area contributed by atoms with Crippen LogP contribution in [0.1, 0.15) is 0 Å². The van der Waals surface area contributed by atoms with E-state index in [9.17, 15) is 9.18 Å². The molecule has 1 amide bonds. The van der Waals surface area contributed by atoms with Crippen molar-refractivity contribution in [3.05, 3.63) is 61.1 Å². The Labute approximate surface area is 130 Å². The number of nitrogens with zero attached hydrogens (tertiary/aromatic N) is 4. The van der Waals surface area contributed by atoms with Gasteiger partial charge in [0.1, 0.15) is 24.2 Å². The van der Waals surface area contributed by atoms with Crippen molar-refractivity contribution in [2.45, 2.75) is 0 Å². The fraction of sp³-hybridized carbons (Fsp3) is 0.0667. The average molecular weight is 313 g/mol. The van der Waals surface area contributed by atoms with Gasteiger partial charge < -0.3 is 10.1 Å². The quantitative estimate of drug-likeness (QED) is 0.777. The number of ether oxygens (including phenoxy) is 1. The summed E-state index contributed by atoms with van der Waals surface area (Å²) in [5.41, 5.74) is 0.529. The van der Waals surface area contributed by atoms with Crippen molar-refractivity contribution in [2.24, 2.45) is 0 Å². The molecule has 0 atom stereocenters. The Hall–Kier alpha value is -3.29. The fourth-order valence-electron chi connectivity index (χ4n) is 1.80. The van der Waals surface area contributed by atoms with Gasteiger partial charge in [-0.3, -0.25) is 4.79 Å². The molecule has 3 rings (SSSR count). The normalized spacial score (nSPS) is 10.3. The predicted octanol–water partition coefficient (Wildman–Crippen LogP) is 1.82. The van der Waals surface area contributed by atoms with Crippen LogP contribution >= 0.6 is 0 Å². The molecule has 3 aromatic rings. The first kappa shape index (κ1) is 14.6. The van der Waals surface area contributed by atoms with Crippen LogP contribution in [-0.2, 0) is 4.79 Å². The van der Waals surface area contributed by atoms with Crippen LogP contribution in [0.2, 0.25) is 0 Å². The van der Waals surface area contributed by atoms with Crippen molar-refractivity contribution in [1.29, 1.82) is 0 Å². The number of anilines is 1. The van der Waals surface area contributed by atoms with Gasteiger partial charge in [0.05, 0.1) is 11.9 Å². The predicted molar refractivity (Wildman–Crippen MR) is 79.7 cm³/mol. The molecule has 1 aromatic carbocycles. The summed E-state index contributed by atoms with van der Waals surface area (Å²) in [4.78, 5) is 19.8. The molecule has 0 saturated heterocycles. The van der Waals surface area contributed by atoms with E-state index in [1.165, 1.54) is 47.8 Å². The van der Waals surface area contributed by atoms with Gasteiger partial charge in [0.25, 0.3) is 5.91 Å². The fourth-order valence-corrected chi connectivity index (χ4v) is 1.80. The third-order valence-corrected chi connectivity index (χ3v) is 2.87. The van der Waals surface area contributed by atoms with Gasteiger partial charge >= 0.3 is 0 Å². The molecule has 0 bridgehead atoms. The molecular weight excluding hydrogens is 301 g/mol. The van der Waals surface area contributed by atoms with Gasteiger partial charge in [-0.05, 0) is 36.4 Å². The van der Waals surface area contributed by atoms with Gasteiger partial charge in [0.2, 0.25) is 0 Å². The van der Waals surface area contributed by atoms with Gasteiger partial charge in [0.15, 0.2) is 12.4 Å². The lowest BCUT2D eigenvalue weighted by atomic mass is 10.3. The standard InChI is InChI=1S/C15H12FN5O2/c16-11-1-4-13(5-2-11)23-8-15(22)20-12-3-6-14(18-7-12)21-10-17-9-19-21/h1-7,9-10H,8H2,(H,20,22). The Bertz CT molecular complexity index is 773. The number of halogens is 1. The summed E-state index contributed by atoms with van der Waals surface area (Å²) < 4.78 is 19.5. The molecule has 1 N–H and O–H groups in total. The molecule has 0 saturated carbocycles. The van der Waals surface area contributed by atoms with Crippen LogP contribution < -0.4 is 10.1 Å². The third kappa shape index (κ3) is 3.88. The molecule has 0 aliphatic rings. The summed E-state index contributed by atoms with van der Waals surface area (Å²) in [6.45, 7) is -0.184. The van der Waals surface area contributed by atoms with Gasteiger partial charge in [-0.1, -0.05) is 0 Å². The van der Waals surface area contributed by atoms with Gasteiger partial charge in [-0.25, -0.2) is 19.0 Å². The lowest BCUT2D eigenvalue weighted by molar-refractivity contribution is -0.118. The second-order valence-electron chi connectivity index (χ2n) is 4.54. The van der Waals surface area contributed by atoms with Crippen molar-refractivity contribution >= 4 is 11.6 Å². The molecule has 8 heteroatoms. The van der Waals surface area contributed by atoms with E-state index < -0.39 is 0 Å². The summed E-state index contributed by atoms with van der Waals surface area (Å²) in [6.07, 6.45) is 4.44. The number of pyridine rings is 1. The number of carbonyl (C=O) groups excluding carboxylic acids is 1. The lowest BCUT2D eigenvalue weighted by Crippen LogP contribution is -2.20. The first-order valence-corrected chi connectivity index (χ1v) is 6.70. The summed E-state index contributed by atoms with van der Waals surface area (Å²) in [6, 6.07) is 8.83. The number of amides is 1. The second kappa shape index (κ2) is 6.65. The van der Waals surface area contributed by atoms with Crippen LogP contribution in [0.15, 0.2) is 55.2 Å². The Kier molecular flexibility index (Phi) is 4.23. The van der Waals surface area contributed by atoms with Crippen molar-refractivity contribution < 1.29 is 13.9 Å². The van der Waals surface area contributed by atoms with Crippen LogP contribution in [0.3, 0.4) is 0 Å². The van der Waals surface area contributed by atoms with E-state index in [0.717, 1.165) is 0 Å². The minimum absolute atomic E-state index is 0.184. The van der Waals surface area contributed by atoms with Gasteiger partial charge in [0, 0.05) is 0 Å². The van der Waals surface area contributed by atoms with Crippen molar-refractivity contribution in [3.63, 3.8) is 0 Å². The topological polar surface area (TPSA) is 81.9 Å². The van der Waals surface area contributed by atoms with E-state index in [-0.39, 0.29) is 18.3 Å². The Balaban J connectivity index is 1.54. The third-order valence-electron chi connectivity index (χ3n) is 2.87. The SMILES string of the molecule is O=C(COc1ccc(F)cc1)Nc1ccc(-n2cncn2)nc1. The lowest BCUT2D eigenvalue weighted by Gasteiger charge is -2.07. The van der Waals surface area contributed by atoms with E-state index in [1.54, 1.807) is 12.1 Å². The molecule has 0 spiro atoms. The maximum Gasteiger partial charge on any atom is 0.262 e. The molecular formula is C15H12FN5O2. The molecule has 0 radical (unpaired) electrons. The first-order valence-electron chi connectivity index (χ1n) is 6.70. The molecule has 0 fully saturated rings. The summed E-state index contributed by atoms with van der Waals surface area (Å²) in [7, 11) is 0. The zero-order chi connectivity index (χ0) is 16.1. The highest BCUT2D eigenvalue weighted by Gasteiger charge is 2.05. The van der Waals surface area contributed by atoms with Crippen LogP contribution in [0.4, 0.5) is 10.1 Å². The van der Waals surface area contributed by atoms with E-state index in [4.69, 9.17) is 4.74 Å². The number of carbonyl (C=O) groups is 1. The number of benzene rings is 1. The Morgan fingerprint density at radius 3 is 2.70 bits per heavy atom. The Morgan fingerprint density at radius 1 is 1.22 bits per heavy atom. The average Bonchev–Trinajstić information content (AvgIpc) is 3.09. The number of hydrogen-bond acceptors (Lipinski definition) is 5. The molecule has 2 heterocycles. The monoisotopic (exact) mass is 313 g/mol. The molecule has 7 nitrogen and oxygen atoms in total. The first-order chi connectivity index (χ1) is 11.2. The van der Waals surface area contributed by atoms with Crippen molar-refractivity contribution in [2.75, 3.05) is 11.9 Å². The molecule has 23 heavy (non-hydrogen) atoms. The molecule has 0 unspecified atom stereocenters.